The predicted octanol–water partition coefficient (Wildman–Crippen LogP) is 3.93. The number of carbonyl (C=O) groups is 1. The number of benzene rings is 3. The van der Waals surface area contributed by atoms with E-state index >= 15 is 0 Å². The van der Waals surface area contributed by atoms with Crippen molar-refractivity contribution in [3.05, 3.63) is 108 Å². The fourth-order valence-corrected chi connectivity index (χ4v) is 4.04. The lowest BCUT2D eigenvalue weighted by Gasteiger charge is -2.06. The molecular formula is C25H23N3O3S. The Kier molecular flexibility index (Phi) is 6.18. The summed E-state index contributed by atoms with van der Waals surface area (Å²) in [4.78, 5) is 12.8. The summed E-state index contributed by atoms with van der Waals surface area (Å²) in [5, 5.41) is 7.68. The minimum absolute atomic E-state index is 0.183. The smallest absolute Gasteiger partial charge is 0.251 e. The van der Waals surface area contributed by atoms with Crippen LogP contribution in [-0.4, -0.2) is 30.4 Å². The molecule has 1 aromatic heterocycles. The summed E-state index contributed by atoms with van der Waals surface area (Å²) in [7, 11) is -3.30. The van der Waals surface area contributed by atoms with Crippen LogP contribution in [0.2, 0.25) is 0 Å². The van der Waals surface area contributed by atoms with E-state index in [2.05, 4.69) is 5.32 Å². The van der Waals surface area contributed by atoms with Crippen LogP contribution in [0.15, 0.2) is 96.0 Å². The number of nitrogens with zero attached hydrogens (tertiary/aromatic N) is 2. The minimum Gasteiger partial charge on any atom is -0.348 e. The molecule has 3 aromatic carbocycles. The van der Waals surface area contributed by atoms with Crippen LogP contribution in [0.1, 0.15) is 21.5 Å². The lowest BCUT2D eigenvalue weighted by atomic mass is 10.1. The molecule has 0 radical (unpaired) electrons. The Morgan fingerprint density at radius 3 is 2.16 bits per heavy atom. The van der Waals surface area contributed by atoms with Gasteiger partial charge in [0, 0.05) is 35.7 Å². The first-order chi connectivity index (χ1) is 15.4. The summed E-state index contributed by atoms with van der Waals surface area (Å²) in [6.45, 7) is 0.924. The molecule has 1 amide bonds. The molecule has 0 aliphatic rings. The molecule has 1 N–H and O–H groups in total. The van der Waals surface area contributed by atoms with Crippen LogP contribution in [-0.2, 0) is 22.9 Å². The van der Waals surface area contributed by atoms with Gasteiger partial charge in [0.2, 0.25) is 0 Å². The molecule has 32 heavy (non-hydrogen) atoms. The number of rotatable bonds is 7. The van der Waals surface area contributed by atoms with Gasteiger partial charge in [0.05, 0.1) is 17.1 Å². The fourth-order valence-electron chi connectivity index (χ4n) is 3.41. The number of nitrogens with one attached hydrogen (secondary N) is 1. The number of carbonyl (C=O) groups excluding carboxylic acids is 1. The Morgan fingerprint density at radius 1 is 0.906 bits per heavy atom. The normalized spacial score (nSPS) is 11.3. The minimum atomic E-state index is -3.30. The first-order valence-corrected chi connectivity index (χ1v) is 12.0. The van der Waals surface area contributed by atoms with Gasteiger partial charge in [-0.05, 0) is 29.8 Å². The van der Waals surface area contributed by atoms with E-state index < -0.39 is 9.84 Å². The van der Waals surface area contributed by atoms with E-state index in [0.717, 1.165) is 28.6 Å². The van der Waals surface area contributed by atoms with Crippen molar-refractivity contribution < 1.29 is 13.2 Å². The van der Waals surface area contributed by atoms with Crippen LogP contribution in [0.3, 0.4) is 0 Å². The highest BCUT2D eigenvalue weighted by molar-refractivity contribution is 7.90. The van der Waals surface area contributed by atoms with Crippen LogP contribution >= 0.6 is 0 Å². The maximum Gasteiger partial charge on any atom is 0.251 e. The van der Waals surface area contributed by atoms with Gasteiger partial charge >= 0.3 is 0 Å². The highest BCUT2D eigenvalue weighted by Gasteiger charge is 2.14. The number of aromatic nitrogens is 2. The van der Waals surface area contributed by atoms with E-state index in [9.17, 15) is 13.2 Å². The molecule has 0 aliphatic carbocycles. The average Bonchev–Trinajstić information content (AvgIpc) is 3.21. The van der Waals surface area contributed by atoms with Gasteiger partial charge < -0.3 is 5.32 Å². The molecule has 0 unspecified atom stereocenters. The van der Waals surface area contributed by atoms with Gasteiger partial charge in [-0.15, -0.1) is 0 Å². The summed E-state index contributed by atoms with van der Waals surface area (Å²) in [5.74, 6) is -0.278. The summed E-state index contributed by atoms with van der Waals surface area (Å²) in [6, 6.07) is 25.8. The Bertz CT molecular complexity index is 1310. The fraction of sp³-hybridized carbons (Fsp3) is 0.120. The molecule has 4 rings (SSSR count). The van der Waals surface area contributed by atoms with Crippen molar-refractivity contribution in [2.45, 2.75) is 18.0 Å². The second-order valence-corrected chi connectivity index (χ2v) is 9.55. The Balaban J connectivity index is 1.54. The van der Waals surface area contributed by atoms with Crippen molar-refractivity contribution in [2.75, 3.05) is 6.26 Å². The first-order valence-electron chi connectivity index (χ1n) is 10.1. The average molecular weight is 446 g/mol. The van der Waals surface area contributed by atoms with Gasteiger partial charge in [-0.2, -0.15) is 5.10 Å². The molecule has 162 valence electrons. The van der Waals surface area contributed by atoms with Crippen molar-refractivity contribution in [1.29, 1.82) is 0 Å². The van der Waals surface area contributed by atoms with E-state index in [-0.39, 0.29) is 10.8 Å². The molecule has 0 atom stereocenters. The third kappa shape index (κ3) is 5.12. The largest absolute Gasteiger partial charge is 0.348 e. The van der Waals surface area contributed by atoms with Gasteiger partial charge in [0.25, 0.3) is 5.91 Å². The molecule has 0 saturated carbocycles. The van der Waals surface area contributed by atoms with Gasteiger partial charge in [0.1, 0.15) is 0 Å². The number of hydrogen-bond acceptors (Lipinski definition) is 4. The van der Waals surface area contributed by atoms with E-state index in [4.69, 9.17) is 5.10 Å². The summed E-state index contributed by atoms with van der Waals surface area (Å²) >= 11 is 0. The first kappa shape index (κ1) is 21.5. The highest BCUT2D eigenvalue weighted by Crippen LogP contribution is 2.22. The topological polar surface area (TPSA) is 81.1 Å². The third-order valence-corrected chi connectivity index (χ3v) is 6.18. The SMILES string of the molecule is CS(=O)(=O)c1ccc(C(=O)NCc2cn(Cc3ccccc3)nc2-c2ccccc2)cc1. The van der Waals surface area contributed by atoms with E-state index in [0.29, 0.717) is 18.7 Å². The van der Waals surface area contributed by atoms with Crippen molar-refractivity contribution in [1.82, 2.24) is 15.1 Å². The quantitative estimate of drug-likeness (QED) is 0.467. The molecular weight excluding hydrogens is 422 g/mol. The van der Waals surface area contributed by atoms with Crippen molar-refractivity contribution >= 4 is 15.7 Å². The van der Waals surface area contributed by atoms with Crippen molar-refractivity contribution in [3.8, 4) is 11.3 Å². The number of amides is 1. The number of sulfone groups is 1. The molecule has 0 saturated heterocycles. The molecule has 6 nitrogen and oxygen atoms in total. The third-order valence-electron chi connectivity index (χ3n) is 5.06. The number of hydrogen-bond donors (Lipinski definition) is 1. The zero-order valence-corrected chi connectivity index (χ0v) is 18.4. The zero-order valence-electron chi connectivity index (χ0n) is 17.6. The Hall–Kier alpha value is -3.71. The monoisotopic (exact) mass is 445 g/mol. The second kappa shape index (κ2) is 9.20. The van der Waals surface area contributed by atoms with Crippen LogP contribution in [0, 0.1) is 0 Å². The van der Waals surface area contributed by atoms with Crippen molar-refractivity contribution in [2.24, 2.45) is 0 Å². The van der Waals surface area contributed by atoms with Gasteiger partial charge in [-0.3, -0.25) is 9.48 Å². The highest BCUT2D eigenvalue weighted by atomic mass is 32.2. The Morgan fingerprint density at radius 2 is 1.53 bits per heavy atom. The van der Waals surface area contributed by atoms with Crippen molar-refractivity contribution in [3.63, 3.8) is 0 Å². The molecule has 4 aromatic rings. The molecule has 7 heteroatoms. The molecule has 0 fully saturated rings. The second-order valence-electron chi connectivity index (χ2n) is 7.53. The van der Waals surface area contributed by atoms with E-state index in [1.54, 1.807) is 0 Å². The maximum absolute atomic E-state index is 12.6. The van der Waals surface area contributed by atoms with Gasteiger partial charge in [-0.25, -0.2) is 8.42 Å². The molecule has 0 aliphatic heterocycles. The molecule has 1 heterocycles. The lowest BCUT2D eigenvalue weighted by molar-refractivity contribution is 0.0951. The predicted molar refractivity (Wildman–Crippen MR) is 124 cm³/mol. The van der Waals surface area contributed by atoms with Crippen LogP contribution in [0.25, 0.3) is 11.3 Å². The molecule has 0 bridgehead atoms. The summed E-state index contributed by atoms with van der Waals surface area (Å²) < 4.78 is 25.1. The van der Waals surface area contributed by atoms with Crippen LogP contribution < -0.4 is 5.32 Å². The standard InChI is InChI=1S/C25H23N3O3S/c1-32(30,31)23-14-12-21(13-15-23)25(29)26-16-22-18-28(17-19-8-4-2-5-9-19)27-24(22)20-10-6-3-7-11-20/h2-15,18H,16-17H2,1H3,(H,26,29). The van der Waals surface area contributed by atoms with E-state index in [1.807, 2.05) is 71.5 Å². The Labute approximate surface area is 187 Å². The van der Waals surface area contributed by atoms with Crippen LogP contribution in [0.5, 0.6) is 0 Å². The van der Waals surface area contributed by atoms with Gasteiger partial charge in [0.15, 0.2) is 9.84 Å². The maximum atomic E-state index is 12.6. The molecule has 0 spiro atoms. The van der Waals surface area contributed by atoms with Gasteiger partial charge in [-0.1, -0.05) is 60.7 Å². The zero-order chi connectivity index (χ0) is 22.6. The van der Waals surface area contributed by atoms with Crippen LogP contribution in [0.4, 0.5) is 0 Å². The summed E-state index contributed by atoms with van der Waals surface area (Å²) in [6.07, 6.45) is 3.09. The van der Waals surface area contributed by atoms with E-state index in [1.165, 1.54) is 24.3 Å². The summed E-state index contributed by atoms with van der Waals surface area (Å²) in [5.41, 5.74) is 4.22. The lowest BCUT2D eigenvalue weighted by Crippen LogP contribution is -2.22.